The van der Waals surface area contributed by atoms with Crippen molar-refractivity contribution in [2.24, 2.45) is 7.05 Å². The average Bonchev–Trinajstić information content (AvgIpc) is 2.47. The van der Waals surface area contributed by atoms with Crippen LogP contribution in [0.4, 0.5) is 0 Å². The number of aromatic hydroxyl groups is 1. The zero-order valence-corrected chi connectivity index (χ0v) is 9.17. The van der Waals surface area contributed by atoms with Crippen LogP contribution in [0.25, 0.3) is 10.9 Å². The van der Waals surface area contributed by atoms with Crippen LogP contribution in [0.2, 0.25) is 5.02 Å². The van der Waals surface area contributed by atoms with Crippen LogP contribution in [-0.4, -0.2) is 16.0 Å². The maximum atomic E-state index is 11.0. The highest BCUT2D eigenvalue weighted by Gasteiger charge is 2.15. The van der Waals surface area contributed by atoms with Crippen molar-refractivity contribution in [3.63, 3.8) is 0 Å². The van der Waals surface area contributed by atoms with Crippen LogP contribution >= 0.6 is 11.6 Å². The van der Waals surface area contributed by atoms with Crippen LogP contribution in [-0.2, 0) is 7.05 Å². The molecule has 0 unspecified atom stereocenters. The standard InChI is InChI=1S/C11H10ClNO2/c1-6-7(5-14)10-8(13(6)2)3-4-9(15)11(10)12/h3-5,15H,1-2H3. The highest BCUT2D eigenvalue weighted by atomic mass is 35.5. The molecule has 2 aromatic rings. The summed E-state index contributed by atoms with van der Waals surface area (Å²) in [5.41, 5.74) is 2.22. The van der Waals surface area contributed by atoms with Gasteiger partial charge in [-0.3, -0.25) is 4.79 Å². The topological polar surface area (TPSA) is 42.2 Å². The number of fused-ring (bicyclic) bond motifs is 1. The molecule has 0 aliphatic heterocycles. The van der Waals surface area contributed by atoms with Crippen molar-refractivity contribution in [2.45, 2.75) is 6.92 Å². The van der Waals surface area contributed by atoms with Crippen molar-refractivity contribution in [2.75, 3.05) is 0 Å². The number of aldehydes is 1. The van der Waals surface area contributed by atoms with E-state index in [9.17, 15) is 9.90 Å². The molecule has 0 aliphatic rings. The number of nitrogens with zero attached hydrogens (tertiary/aromatic N) is 1. The van der Waals surface area contributed by atoms with E-state index in [1.807, 2.05) is 18.5 Å². The molecule has 1 heterocycles. The molecule has 0 radical (unpaired) electrons. The number of benzene rings is 1. The summed E-state index contributed by atoms with van der Waals surface area (Å²) in [4.78, 5) is 11.0. The SMILES string of the molecule is Cc1c(C=O)c2c(Cl)c(O)ccc2n1C. The summed E-state index contributed by atoms with van der Waals surface area (Å²) in [6, 6.07) is 3.27. The molecule has 0 fully saturated rings. The van der Waals surface area contributed by atoms with Gasteiger partial charge in [-0.05, 0) is 19.1 Å². The molecule has 0 spiro atoms. The number of phenols is 1. The molecule has 0 bridgehead atoms. The van der Waals surface area contributed by atoms with Crippen molar-refractivity contribution in [3.8, 4) is 5.75 Å². The summed E-state index contributed by atoms with van der Waals surface area (Å²) in [7, 11) is 1.86. The van der Waals surface area contributed by atoms with Gasteiger partial charge in [-0.2, -0.15) is 0 Å². The second-order valence-electron chi connectivity index (χ2n) is 3.47. The van der Waals surface area contributed by atoms with Crippen molar-refractivity contribution in [3.05, 3.63) is 28.4 Å². The Labute approximate surface area is 91.9 Å². The second-order valence-corrected chi connectivity index (χ2v) is 3.85. The van der Waals surface area contributed by atoms with Gasteiger partial charge in [0.05, 0.1) is 10.5 Å². The van der Waals surface area contributed by atoms with E-state index in [-0.39, 0.29) is 10.8 Å². The number of phenolic OH excluding ortho intramolecular Hbond substituents is 1. The molecule has 78 valence electrons. The highest BCUT2D eigenvalue weighted by Crippen LogP contribution is 2.35. The third-order valence-electron chi connectivity index (χ3n) is 2.74. The van der Waals surface area contributed by atoms with E-state index in [1.165, 1.54) is 6.07 Å². The number of carbonyl (C=O) groups excluding carboxylic acids is 1. The van der Waals surface area contributed by atoms with E-state index in [2.05, 4.69) is 0 Å². The fourth-order valence-corrected chi connectivity index (χ4v) is 2.04. The Morgan fingerprint density at radius 1 is 1.47 bits per heavy atom. The zero-order valence-electron chi connectivity index (χ0n) is 8.41. The average molecular weight is 224 g/mol. The molecule has 15 heavy (non-hydrogen) atoms. The first-order valence-electron chi connectivity index (χ1n) is 4.49. The van der Waals surface area contributed by atoms with E-state index in [0.717, 1.165) is 17.5 Å². The predicted octanol–water partition coefficient (Wildman–Crippen LogP) is 2.66. The molecule has 4 heteroatoms. The zero-order chi connectivity index (χ0) is 11.2. The molecule has 0 amide bonds. The van der Waals surface area contributed by atoms with Gasteiger partial charge in [0.1, 0.15) is 5.75 Å². The van der Waals surface area contributed by atoms with Crippen molar-refractivity contribution in [1.82, 2.24) is 4.57 Å². The Morgan fingerprint density at radius 3 is 2.73 bits per heavy atom. The lowest BCUT2D eigenvalue weighted by atomic mass is 10.1. The lowest BCUT2D eigenvalue weighted by Gasteiger charge is -2.00. The van der Waals surface area contributed by atoms with Crippen LogP contribution in [0.1, 0.15) is 16.1 Å². The molecule has 0 aliphatic carbocycles. The van der Waals surface area contributed by atoms with Gasteiger partial charge in [0.15, 0.2) is 6.29 Å². The Kier molecular flexibility index (Phi) is 2.20. The molecule has 0 saturated carbocycles. The second kappa shape index (κ2) is 3.28. The molecule has 2 rings (SSSR count). The first-order valence-corrected chi connectivity index (χ1v) is 4.87. The number of hydrogen-bond donors (Lipinski definition) is 1. The maximum absolute atomic E-state index is 11.0. The van der Waals surface area contributed by atoms with Gasteiger partial charge < -0.3 is 9.67 Å². The highest BCUT2D eigenvalue weighted by molar-refractivity contribution is 6.38. The number of halogens is 1. The van der Waals surface area contributed by atoms with Crippen LogP contribution in [0.15, 0.2) is 12.1 Å². The van der Waals surface area contributed by atoms with Crippen LogP contribution in [0.3, 0.4) is 0 Å². The van der Waals surface area contributed by atoms with E-state index in [4.69, 9.17) is 11.6 Å². The molecular formula is C11H10ClNO2. The van der Waals surface area contributed by atoms with E-state index in [1.54, 1.807) is 6.07 Å². The van der Waals surface area contributed by atoms with Gasteiger partial charge >= 0.3 is 0 Å². The van der Waals surface area contributed by atoms with E-state index < -0.39 is 0 Å². The largest absolute Gasteiger partial charge is 0.506 e. The summed E-state index contributed by atoms with van der Waals surface area (Å²) in [6.07, 6.45) is 0.767. The third kappa shape index (κ3) is 1.23. The molecule has 3 nitrogen and oxygen atoms in total. The Morgan fingerprint density at radius 2 is 2.13 bits per heavy atom. The Bertz CT molecular complexity index is 557. The third-order valence-corrected chi connectivity index (χ3v) is 3.12. The normalized spacial score (nSPS) is 10.9. The smallest absolute Gasteiger partial charge is 0.152 e. The molecule has 1 aromatic carbocycles. The quantitative estimate of drug-likeness (QED) is 0.756. The van der Waals surface area contributed by atoms with Crippen molar-refractivity contribution >= 4 is 28.8 Å². The molecule has 1 N–H and O–H groups in total. The molecule has 0 atom stereocenters. The number of carbonyl (C=O) groups is 1. The first-order chi connectivity index (χ1) is 7.07. The Balaban J connectivity index is 3.05. The first kappa shape index (κ1) is 10.1. The number of aryl methyl sites for hydroxylation is 1. The van der Waals surface area contributed by atoms with Gasteiger partial charge in [0.2, 0.25) is 0 Å². The summed E-state index contributed by atoms with van der Waals surface area (Å²) < 4.78 is 1.88. The number of aromatic nitrogens is 1. The van der Waals surface area contributed by atoms with E-state index in [0.29, 0.717) is 10.9 Å². The molecular weight excluding hydrogens is 214 g/mol. The monoisotopic (exact) mass is 223 g/mol. The molecule has 0 saturated heterocycles. The minimum atomic E-state index is -0.00198. The fourth-order valence-electron chi connectivity index (χ4n) is 1.78. The van der Waals surface area contributed by atoms with Crippen molar-refractivity contribution in [1.29, 1.82) is 0 Å². The summed E-state index contributed by atoms with van der Waals surface area (Å²) in [6.45, 7) is 1.84. The van der Waals surface area contributed by atoms with Gasteiger partial charge in [-0.15, -0.1) is 0 Å². The fraction of sp³-hybridized carbons (Fsp3) is 0.182. The Hall–Kier alpha value is -1.48. The van der Waals surface area contributed by atoms with Crippen LogP contribution in [0, 0.1) is 6.92 Å². The van der Waals surface area contributed by atoms with Crippen LogP contribution in [0.5, 0.6) is 5.75 Å². The maximum Gasteiger partial charge on any atom is 0.152 e. The number of hydrogen-bond acceptors (Lipinski definition) is 2. The lowest BCUT2D eigenvalue weighted by molar-refractivity contribution is 0.112. The van der Waals surface area contributed by atoms with Gasteiger partial charge in [-0.25, -0.2) is 0 Å². The predicted molar refractivity (Wildman–Crippen MR) is 59.7 cm³/mol. The van der Waals surface area contributed by atoms with E-state index >= 15 is 0 Å². The summed E-state index contributed by atoms with van der Waals surface area (Å²) >= 11 is 5.97. The van der Waals surface area contributed by atoms with Gasteiger partial charge in [0.25, 0.3) is 0 Å². The number of rotatable bonds is 1. The minimum absolute atomic E-state index is 0.00198. The van der Waals surface area contributed by atoms with Crippen LogP contribution < -0.4 is 0 Å². The van der Waals surface area contributed by atoms with Gasteiger partial charge in [-0.1, -0.05) is 11.6 Å². The molecule has 1 aromatic heterocycles. The van der Waals surface area contributed by atoms with Gasteiger partial charge in [0, 0.05) is 23.7 Å². The van der Waals surface area contributed by atoms with Crippen molar-refractivity contribution < 1.29 is 9.90 Å². The summed E-state index contributed by atoms with van der Waals surface area (Å²) in [5.74, 6) is -0.00198. The minimum Gasteiger partial charge on any atom is -0.506 e. The lowest BCUT2D eigenvalue weighted by Crippen LogP contribution is -1.91. The summed E-state index contributed by atoms with van der Waals surface area (Å²) in [5, 5.41) is 10.3.